The zero-order valence-electron chi connectivity index (χ0n) is 13.2. The number of unbranched alkanes of at least 4 members (excludes halogenated alkanes) is 1. The first kappa shape index (κ1) is 16.7. The number of nitrogens with zero attached hydrogens (tertiary/aromatic N) is 1. The first-order chi connectivity index (χ1) is 9.63. The molecule has 0 fully saturated rings. The van der Waals surface area contributed by atoms with E-state index in [1.165, 1.54) is 0 Å². The summed E-state index contributed by atoms with van der Waals surface area (Å²) >= 11 is 0. The van der Waals surface area contributed by atoms with E-state index in [0.29, 0.717) is 6.61 Å². The summed E-state index contributed by atoms with van der Waals surface area (Å²) in [4.78, 5) is 14.6. The molecule has 0 aliphatic carbocycles. The van der Waals surface area contributed by atoms with Gasteiger partial charge in [0.25, 0.3) is 5.91 Å². The van der Waals surface area contributed by atoms with Crippen LogP contribution in [-0.4, -0.2) is 30.5 Å². The molecule has 112 valence electrons. The number of benzene rings is 1. The second-order valence-corrected chi connectivity index (χ2v) is 5.24. The van der Waals surface area contributed by atoms with Crippen molar-refractivity contribution in [1.82, 2.24) is 4.90 Å². The predicted octanol–water partition coefficient (Wildman–Crippen LogP) is 3.87. The Morgan fingerprint density at radius 3 is 2.40 bits per heavy atom. The lowest BCUT2D eigenvalue weighted by Crippen LogP contribution is -2.39. The Balaban J connectivity index is 2.82. The normalized spacial score (nSPS) is 12.2. The van der Waals surface area contributed by atoms with Gasteiger partial charge in [-0.3, -0.25) is 4.79 Å². The van der Waals surface area contributed by atoms with Crippen LogP contribution in [0.3, 0.4) is 0 Å². The molecule has 1 rings (SSSR count). The van der Waals surface area contributed by atoms with Crippen LogP contribution in [0.1, 0.15) is 56.0 Å². The summed E-state index contributed by atoms with van der Waals surface area (Å²) in [6.45, 7) is 7.81. The summed E-state index contributed by atoms with van der Waals surface area (Å²) in [5, 5.41) is 0. The molecule has 0 aromatic heterocycles. The van der Waals surface area contributed by atoms with Gasteiger partial charge in [-0.15, -0.1) is 0 Å². The minimum atomic E-state index is 0.136. The average molecular weight is 277 g/mol. The Hall–Kier alpha value is -1.35. The first-order valence-corrected chi connectivity index (χ1v) is 7.52. The van der Waals surface area contributed by atoms with Crippen molar-refractivity contribution >= 4 is 5.91 Å². The largest absolute Gasteiger partial charge is 0.380 e. The molecule has 0 saturated carbocycles. The standard InChI is InChI=1S/C17H27NO2/c1-5-7-12-18(14(3)6-2)17(19)16-10-8-15(9-11-16)13-20-4/h8-11,14H,5-7,12-13H2,1-4H3. The molecule has 1 amide bonds. The smallest absolute Gasteiger partial charge is 0.254 e. The molecule has 20 heavy (non-hydrogen) atoms. The Labute approximate surface area is 122 Å². The van der Waals surface area contributed by atoms with E-state index in [1.54, 1.807) is 7.11 Å². The molecule has 1 unspecified atom stereocenters. The molecular weight excluding hydrogens is 250 g/mol. The van der Waals surface area contributed by atoms with E-state index in [0.717, 1.165) is 36.9 Å². The van der Waals surface area contributed by atoms with E-state index in [4.69, 9.17) is 4.74 Å². The Morgan fingerprint density at radius 2 is 1.90 bits per heavy atom. The maximum absolute atomic E-state index is 12.6. The SMILES string of the molecule is CCCCN(C(=O)c1ccc(COC)cc1)C(C)CC. The second-order valence-electron chi connectivity index (χ2n) is 5.24. The van der Waals surface area contributed by atoms with Crippen molar-refractivity contribution in [3.05, 3.63) is 35.4 Å². The van der Waals surface area contributed by atoms with Crippen LogP contribution in [0.25, 0.3) is 0 Å². The maximum atomic E-state index is 12.6. The maximum Gasteiger partial charge on any atom is 0.254 e. The summed E-state index contributed by atoms with van der Waals surface area (Å²) in [7, 11) is 1.68. The van der Waals surface area contributed by atoms with E-state index in [9.17, 15) is 4.79 Å². The quantitative estimate of drug-likeness (QED) is 0.722. The Bertz CT molecular complexity index is 400. The van der Waals surface area contributed by atoms with Gasteiger partial charge < -0.3 is 9.64 Å². The Kier molecular flexibility index (Phi) is 7.31. The lowest BCUT2D eigenvalue weighted by Gasteiger charge is -2.28. The third-order valence-corrected chi connectivity index (χ3v) is 3.65. The summed E-state index contributed by atoms with van der Waals surface area (Å²) < 4.78 is 5.09. The molecule has 0 N–H and O–H groups in total. The zero-order chi connectivity index (χ0) is 15.0. The van der Waals surface area contributed by atoms with Gasteiger partial charge in [0.05, 0.1) is 6.61 Å². The fraction of sp³-hybridized carbons (Fsp3) is 0.588. The van der Waals surface area contributed by atoms with Crippen molar-refractivity contribution in [1.29, 1.82) is 0 Å². The fourth-order valence-corrected chi connectivity index (χ4v) is 2.15. The summed E-state index contributed by atoms with van der Waals surface area (Å²) in [6, 6.07) is 8.01. The van der Waals surface area contributed by atoms with Crippen LogP contribution in [0.15, 0.2) is 24.3 Å². The van der Waals surface area contributed by atoms with Crippen LogP contribution >= 0.6 is 0 Å². The van der Waals surface area contributed by atoms with Crippen LogP contribution in [0.2, 0.25) is 0 Å². The number of rotatable bonds is 8. The Morgan fingerprint density at radius 1 is 1.25 bits per heavy atom. The van der Waals surface area contributed by atoms with Crippen molar-refractivity contribution < 1.29 is 9.53 Å². The van der Waals surface area contributed by atoms with Gasteiger partial charge in [-0.1, -0.05) is 32.4 Å². The van der Waals surface area contributed by atoms with Gasteiger partial charge in [-0.05, 0) is 37.5 Å². The molecule has 1 aromatic rings. The van der Waals surface area contributed by atoms with Gasteiger partial charge in [-0.2, -0.15) is 0 Å². The van der Waals surface area contributed by atoms with Crippen LogP contribution in [0.5, 0.6) is 0 Å². The van der Waals surface area contributed by atoms with Crippen LogP contribution in [0.4, 0.5) is 0 Å². The molecule has 0 aliphatic heterocycles. The summed E-state index contributed by atoms with van der Waals surface area (Å²) in [6.07, 6.45) is 3.14. The van der Waals surface area contributed by atoms with Gasteiger partial charge in [-0.25, -0.2) is 0 Å². The van der Waals surface area contributed by atoms with Gasteiger partial charge in [0.1, 0.15) is 0 Å². The van der Waals surface area contributed by atoms with E-state index in [1.807, 2.05) is 29.2 Å². The molecule has 3 nitrogen and oxygen atoms in total. The van der Waals surface area contributed by atoms with E-state index >= 15 is 0 Å². The average Bonchev–Trinajstić information content (AvgIpc) is 2.48. The van der Waals surface area contributed by atoms with Crippen LogP contribution in [0, 0.1) is 0 Å². The highest BCUT2D eigenvalue weighted by atomic mass is 16.5. The highest BCUT2D eigenvalue weighted by Gasteiger charge is 2.19. The molecule has 0 radical (unpaired) electrons. The molecule has 0 spiro atoms. The molecule has 1 atom stereocenters. The monoisotopic (exact) mass is 277 g/mol. The number of carbonyl (C=O) groups is 1. The molecular formula is C17H27NO2. The molecule has 1 aromatic carbocycles. The van der Waals surface area contributed by atoms with E-state index in [-0.39, 0.29) is 11.9 Å². The number of ether oxygens (including phenoxy) is 1. The third-order valence-electron chi connectivity index (χ3n) is 3.65. The number of carbonyl (C=O) groups excluding carboxylic acids is 1. The van der Waals surface area contributed by atoms with Crippen molar-refractivity contribution in [3.63, 3.8) is 0 Å². The fourth-order valence-electron chi connectivity index (χ4n) is 2.15. The van der Waals surface area contributed by atoms with Gasteiger partial charge in [0, 0.05) is 25.3 Å². The number of amides is 1. The summed E-state index contributed by atoms with van der Waals surface area (Å²) in [5.74, 6) is 0.136. The van der Waals surface area contributed by atoms with Crippen molar-refractivity contribution in [2.75, 3.05) is 13.7 Å². The molecule has 0 saturated heterocycles. The highest BCUT2D eigenvalue weighted by Crippen LogP contribution is 2.13. The number of hydrogen-bond acceptors (Lipinski definition) is 2. The number of hydrogen-bond donors (Lipinski definition) is 0. The van der Waals surface area contributed by atoms with Crippen molar-refractivity contribution in [2.45, 2.75) is 52.7 Å². The first-order valence-electron chi connectivity index (χ1n) is 7.52. The topological polar surface area (TPSA) is 29.5 Å². The third kappa shape index (κ3) is 4.64. The van der Waals surface area contributed by atoms with Crippen LogP contribution in [-0.2, 0) is 11.3 Å². The minimum Gasteiger partial charge on any atom is -0.380 e. The predicted molar refractivity (Wildman–Crippen MR) is 82.9 cm³/mol. The molecule has 0 bridgehead atoms. The minimum absolute atomic E-state index is 0.136. The highest BCUT2D eigenvalue weighted by molar-refractivity contribution is 5.94. The van der Waals surface area contributed by atoms with Gasteiger partial charge in [0.2, 0.25) is 0 Å². The van der Waals surface area contributed by atoms with Crippen molar-refractivity contribution in [3.8, 4) is 0 Å². The van der Waals surface area contributed by atoms with E-state index < -0.39 is 0 Å². The zero-order valence-corrected chi connectivity index (χ0v) is 13.2. The lowest BCUT2D eigenvalue weighted by molar-refractivity contribution is 0.0685. The number of methoxy groups -OCH3 is 1. The lowest BCUT2D eigenvalue weighted by atomic mass is 10.1. The van der Waals surface area contributed by atoms with Gasteiger partial charge >= 0.3 is 0 Å². The van der Waals surface area contributed by atoms with Crippen LogP contribution < -0.4 is 0 Å². The molecule has 3 heteroatoms. The van der Waals surface area contributed by atoms with E-state index in [2.05, 4.69) is 20.8 Å². The summed E-state index contributed by atoms with van der Waals surface area (Å²) in [5.41, 5.74) is 1.86. The van der Waals surface area contributed by atoms with Gasteiger partial charge in [0.15, 0.2) is 0 Å². The van der Waals surface area contributed by atoms with Crippen molar-refractivity contribution in [2.24, 2.45) is 0 Å². The molecule has 0 heterocycles. The second kappa shape index (κ2) is 8.75. The molecule has 0 aliphatic rings.